The predicted molar refractivity (Wildman–Crippen MR) is 59.0 cm³/mol. The molecule has 0 N–H and O–H groups in total. The SMILES string of the molecule is CC(=O)OC12CCCN(CCC1)C2(Cl)Cl. The van der Waals surface area contributed by atoms with Gasteiger partial charge in [-0.05, 0) is 25.7 Å². The normalized spacial score (nSPS) is 38.5. The number of carbonyl (C=O) groups excluding carboxylic acids is 1. The molecule has 0 aromatic rings. The zero-order valence-electron chi connectivity index (χ0n) is 8.76. The van der Waals surface area contributed by atoms with Crippen LogP contribution >= 0.6 is 23.2 Å². The Balaban J connectivity index is 2.29. The first-order chi connectivity index (χ1) is 6.98. The molecule has 0 aromatic heterocycles. The Morgan fingerprint density at radius 3 is 2.27 bits per heavy atom. The van der Waals surface area contributed by atoms with E-state index in [0.29, 0.717) is 0 Å². The second-order valence-corrected chi connectivity index (χ2v) is 5.61. The first-order valence-electron chi connectivity index (χ1n) is 5.30. The Bertz CT molecular complexity index is 271. The molecule has 2 bridgehead atoms. The van der Waals surface area contributed by atoms with Crippen molar-refractivity contribution in [3.63, 3.8) is 0 Å². The Morgan fingerprint density at radius 2 is 1.80 bits per heavy atom. The first kappa shape index (κ1) is 11.5. The summed E-state index contributed by atoms with van der Waals surface area (Å²) >= 11 is 12.7. The number of ether oxygens (including phenoxy) is 1. The summed E-state index contributed by atoms with van der Waals surface area (Å²) in [6.45, 7) is 3.18. The number of nitrogens with zero attached hydrogens (tertiary/aromatic N) is 1. The van der Waals surface area contributed by atoms with Crippen LogP contribution < -0.4 is 0 Å². The van der Waals surface area contributed by atoms with Crippen LogP contribution in [0.4, 0.5) is 0 Å². The highest BCUT2D eigenvalue weighted by molar-refractivity contribution is 6.49. The number of carbonyl (C=O) groups is 1. The molecule has 15 heavy (non-hydrogen) atoms. The van der Waals surface area contributed by atoms with Crippen molar-refractivity contribution < 1.29 is 9.53 Å². The van der Waals surface area contributed by atoms with Crippen LogP contribution in [0.5, 0.6) is 0 Å². The van der Waals surface area contributed by atoms with E-state index in [1.807, 2.05) is 4.90 Å². The summed E-state index contributed by atoms with van der Waals surface area (Å²) in [5, 5.41) is 0. The number of piperidine rings is 2. The summed E-state index contributed by atoms with van der Waals surface area (Å²) in [7, 11) is 0. The molecule has 2 rings (SSSR count). The van der Waals surface area contributed by atoms with Crippen LogP contribution in [0.1, 0.15) is 32.6 Å². The van der Waals surface area contributed by atoms with Crippen LogP contribution in [0.3, 0.4) is 0 Å². The molecule has 86 valence electrons. The number of rotatable bonds is 1. The van der Waals surface area contributed by atoms with Crippen LogP contribution in [0.2, 0.25) is 0 Å². The summed E-state index contributed by atoms with van der Waals surface area (Å²) in [5.41, 5.74) is -0.696. The molecule has 0 saturated carbocycles. The Kier molecular flexibility index (Phi) is 2.91. The minimum atomic E-state index is -1.05. The molecule has 2 heterocycles. The van der Waals surface area contributed by atoms with Gasteiger partial charge in [0.2, 0.25) is 4.46 Å². The molecule has 0 unspecified atom stereocenters. The summed E-state index contributed by atoms with van der Waals surface area (Å²) in [5.74, 6) is -0.301. The lowest BCUT2D eigenvalue weighted by molar-refractivity contribution is -0.177. The molecule has 0 atom stereocenters. The molecule has 0 spiro atoms. The van der Waals surface area contributed by atoms with E-state index >= 15 is 0 Å². The molecule has 0 amide bonds. The van der Waals surface area contributed by atoms with Crippen molar-refractivity contribution >= 4 is 29.2 Å². The standard InChI is InChI=1S/C10H15Cl2NO2/c1-8(14)15-9-4-2-6-13(7-3-5-9)10(9,11)12/h2-7H2,1H3. The fraction of sp³-hybridized carbons (Fsp3) is 0.900. The average Bonchev–Trinajstić information content (AvgIpc) is 2.05. The van der Waals surface area contributed by atoms with Gasteiger partial charge in [-0.15, -0.1) is 0 Å². The van der Waals surface area contributed by atoms with E-state index in [1.165, 1.54) is 6.92 Å². The van der Waals surface area contributed by atoms with Crippen LogP contribution in [0.25, 0.3) is 0 Å². The minimum Gasteiger partial charge on any atom is -0.455 e. The number of halogens is 2. The molecule has 5 heteroatoms. The molecule has 2 saturated heterocycles. The van der Waals surface area contributed by atoms with Gasteiger partial charge in [-0.25, -0.2) is 0 Å². The zero-order chi connectivity index (χ0) is 11.1. The first-order valence-corrected chi connectivity index (χ1v) is 6.06. The molecule has 0 aliphatic carbocycles. The maximum Gasteiger partial charge on any atom is 0.303 e. The van der Waals surface area contributed by atoms with Crippen molar-refractivity contribution in [2.24, 2.45) is 0 Å². The topological polar surface area (TPSA) is 29.5 Å². The number of hydrogen-bond acceptors (Lipinski definition) is 3. The molecule has 2 aliphatic heterocycles. The number of esters is 1. The minimum absolute atomic E-state index is 0.301. The highest BCUT2D eigenvalue weighted by atomic mass is 35.5. The monoisotopic (exact) mass is 251 g/mol. The lowest BCUT2D eigenvalue weighted by atomic mass is 9.83. The van der Waals surface area contributed by atoms with E-state index in [9.17, 15) is 4.79 Å². The average molecular weight is 252 g/mol. The quantitative estimate of drug-likeness (QED) is 0.407. The lowest BCUT2D eigenvalue weighted by Crippen LogP contribution is -2.65. The van der Waals surface area contributed by atoms with Gasteiger partial charge in [0.05, 0.1) is 0 Å². The van der Waals surface area contributed by atoms with Crippen molar-refractivity contribution in [2.45, 2.75) is 42.7 Å². The van der Waals surface area contributed by atoms with E-state index < -0.39 is 10.1 Å². The third kappa shape index (κ3) is 1.75. The number of alkyl halides is 2. The molecule has 2 aliphatic rings. The van der Waals surface area contributed by atoms with Gasteiger partial charge in [-0.2, -0.15) is 0 Å². The van der Waals surface area contributed by atoms with Crippen LogP contribution in [0, 0.1) is 0 Å². The van der Waals surface area contributed by atoms with E-state index in [1.54, 1.807) is 0 Å². The predicted octanol–water partition coefficient (Wildman–Crippen LogP) is 2.31. The van der Waals surface area contributed by atoms with Gasteiger partial charge in [0.15, 0.2) is 5.60 Å². The van der Waals surface area contributed by atoms with E-state index in [0.717, 1.165) is 38.8 Å². The van der Waals surface area contributed by atoms with Crippen molar-refractivity contribution in [3.8, 4) is 0 Å². The summed E-state index contributed by atoms with van der Waals surface area (Å²) in [6, 6.07) is 0. The molecular formula is C10H15Cl2NO2. The summed E-state index contributed by atoms with van der Waals surface area (Å²) < 4.78 is 4.37. The summed E-state index contributed by atoms with van der Waals surface area (Å²) in [6.07, 6.45) is 3.48. The van der Waals surface area contributed by atoms with Gasteiger partial charge in [-0.1, -0.05) is 23.2 Å². The Morgan fingerprint density at radius 1 is 1.27 bits per heavy atom. The zero-order valence-corrected chi connectivity index (χ0v) is 10.3. The van der Waals surface area contributed by atoms with Gasteiger partial charge < -0.3 is 4.74 Å². The van der Waals surface area contributed by atoms with Crippen LogP contribution in [-0.4, -0.2) is 34.0 Å². The summed E-state index contributed by atoms with van der Waals surface area (Å²) in [4.78, 5) is 13.1. The maximum absolute atomic E-state index is 11.1. The van der Waals surface area contributed by atoms with Crippen LogP contribution in [-0.2, 0) is 9.53 Å². The molecule has 2 fully saturated rings. The lowest BCUT2D eigenvalue weighted by Gasteiger charge is -2.54. The van der Waals surface area contributed by atoms with Crippen molar-refractivity contribution in [2.75, 3.05) is 13.1 Å². The second-order valence-electron chi connectivity index (χ2n) is 4.32. The largest absolute Gasteiger partial charge is 0.455 e. The number of fused-ring (bicyclic) bond motifs is 2. The van der Waals surface area contributed by atoms with Gasteiger partial charge in [0.1, 0.15) is 0 Å². The van der Waals surface area contributed by atoms with E-state index in [4.69, 9.17) is 27.9 Å². The third-order valence-corrected chi connectivity index (χ3v) is 4.47. The molecular weight excluding hydrogens is 237 g/mol. The number of hydrogen-bond donors (Lipinski definition) is 0. The Labute approximate surface area is 99.7 Å². The van der Waals surface area contributed by atoms with Gasteiger partial charge >= 0.3 is 5.97 Å². The smallest absolute Gasteiger partial charge is 0.303 e. The fourth-order valence-electron chi connectivity index (χ4n) is 2.66. The van der Waals surface area contributed by atoms with Gasteiger partial charge in [-0.3, -0.25) is 9.69 Å². The van der Waals surface area contributed by atoms with Crippen molar-refractivity contribution in [1.82, 2.24) is 4.90 Å². The maximum atomic E-state index is 11.1. The molecule has 0 radical (unpaired) electrons. The van der Waals surface area contributed by atoms with Crippen molar-refractivity contribution in [1.29, 1.82) is 0 Å². The third-order valence-electron chi connectivity index (χ3n) is 3.30. The highest BCUT2D eigenvalue weighted by Crippen LogP contribution is 2.51. The van der Waals surface area contributed by atoms with Gasteiger partial charge in [0.25, 0.3) is 0 Å². The highest BCUT2D eigenvalue weighted by Gasteiger charge is 2.59. The van der Waals surface area contributed by atoms with E-state index in [2.05, 4.69) is 0 Å². The Hall–Kier alpha value is 0.01000. The van der Waals surface area contributed by atoms with E-state index in [-0.39, 0.29) is 5.97 Å². The van der Waals surface area contributed by atoms with Crippen molar-refractivity contribution in [3.05, 3.63) is 0 Å². The molecule has 0 aromatic carbocycles. The fourth-order valence-corrected chi connectivity index (χ4v) is 3.45. The van der Waals surface area contributed by atoms with Crippen LogP contribution in [0.15, 0.2) is 0 Å². The second kappa shape index (κ2) is 3.79. The van der Waals surface area contributed by atoms with Gasteiger partial charge in [0, 0.05) is 20.0 Å². The molecule has 3 nitrogen and oxygen atoms in total.